The number of benzene rings is 1. The molecular formula is C16H23NO2. The van der Waals surface area contributed by atoms with Crippen molar-refractivity contribution in [1.29, 1.82) is 0 Å². The molecule has 1 amide bonds. The van der Waals surface area contributed by atoms with Gasteiger partial charge in [0.2, 0.25) is 5.91 Å². The summed E-state index contributed by atoms with van der Waals surface area (Å²) in [6.07, 6.45) is 1.31. The van der Waals surface area contributed by atoms with Crippen LogP contribution >= 0.6 is 0 Å². The van der Waals surface area contributed by atoms with Gasteiger partial charge in [-0.3, -0.25) is 4.79 Å². The SMILES string of the molecule is CC1(O)CCN(C(=O)C(C)(C)c2ccccc2)CC1. The highest BCUT2D eigenvalue weighted by Gasteiger charge is 2.37. The van der Waals surface area contributed by atoms with Gasteiger partial charge < -0.3 is 10.0 Å². The van der Waals surface area contributed by atoms with Crippen LogP contribution in [0.2, 0.25) is 0 Å². The van der Waals surface area contributed by atoms with Gasteiger partial charge >= 0.3 is 0 Å². The number of aliphatic hydroxyl groups is 1. The van der Waals surface area contributed by atoms with Crippen molar-refractivity contribution in [3.05, 3.63) is 35.9 Å². The lowest BCUT2D eigenvalue weighted by atomic mass is 9.82. The molecule has 1 aliphatic rings. The van der Waals surface area contributed by atoms with Crippen molar-refractivity contribution in [2.45, 2.75) is 44.6 Å². The van der Waals surface area contributed by atoms with Crippen LogP contribution in [0.5, 0.6) is 0 Å². The average Bonchev–Trinajstić information content (AvgIpc) is 2.39. The second-order valence-corrected chi connectivity index (χ2v) is 6.28. The second-order valence-electron chi connectivity index (χ2n) is 6.28. The predicted octanol–water partition coefficient (Wildman–Crippen LogP) is 2.34. The molecule has 104 valence electrons. The molecule has 1 saturated heterocycles. The number of rotatable bonds is 2. The van der Waals surface area contributed by atoms with Crippen molar-refractivity contribution in [3.8, 4) is 0 Å². The van der Waals surface area contributed by atoms with Crippen LogP contribution in [0.3, 0.4) is 0 Å². The minimum absolute atomic E-state index is 0.147. The van der Waals surface area contributed by atoms with E-state index in [1.165, 1.54) is 0 Å². The Kier molecular flexibility index (Phi) is 3.68. The summed E-state index contributed by atoms with van der Waals surface area (Å²) in [5, 5.41) is 9.96. The fraction of sp³-hybridized carbons (Fsp3) is 0.562. The van der Waals surface area contributed by atoms with Crippen molar-refractivity contribution in [3.63, 3.8) is 0 Å². The Bertz CT molecular complexity index is 441. The van der Waals surface area contributed by atoms with Gasteiger partial charge in [0.25, 0.3) is 0 Å². The predicted molar refractivity (Wildman–Crippen MR) is 75.9 cm³/mol. The molecule has 0 saturated carbocycles. The first kappa shape index (κ1) is 14.1. The monoisotopic (exact) mass is 261 g/mol. The maximum atomic E-state index is 12.7. The number of piperidine rings is 1. The number of likely N-dealkylation sites (tertiary alicyclic amines) is 1. The highest BCUT2D eigenvalue weighted by molar-refractivity contribution is 5.87. The lowest BCUT2D eigenvalue weighted by molar-refractivity contribution is -0.140. The summed E-state index contributed by atoms with van der Waals surface area (Å²) >= 11 is 0. The maximum Gasteiger partial charge on any atom is 0.232 e. The van der Waals surface area contributed by atoms with E-state index in [0.717, 1.165) is 5.56 Å². The highest BCUT2D eigenvalue weighted by Crippen LogP contribution is 2.29. The molecule has 2 rings (SSSR count). The Morgan fingerprint density at radius 3 is 2.26 bits per heavy atom. The average molecular weight is 261 g/mol. The molecule has 1 aliphatic heterocycles. The molecule has 0 atom stereocenters. The number of carbonyl (C=O) groups excluding carboxylic acids is 1. The van der Waals surface area contributed by atoms with E-state index in [0.29, 0.717) is 25.9 Å². The van der Waals surface area contributed by atoms with Gasteiger partial charge in [0, 0.05) is 13.1 Å². The van der Waals surface area contributed by atoms with Crippen LogP contribution in [-0.2, 0) is 10.2 Å². The third kappa shape index (κ3) is 2.98. The zero-order valence-electron chi connectivity index (χ0n) is 12.0. The molecule has 1 aromatic carbocycles. The van der Waals surface area contributed by atoms with E-state index in [4.69, 9.17) is 0 Å². The summed E-state index contributed by atoms with van der Waals surface area (Å²) < 4.78 is 0. The molecule has 19 heavy (non-hydrogen) atoms. The number of amides is 1. The Hall–Kier alpha value is -1.35. The van der Waals surface area contributed by atoms with Crippen LogP contribution in [0.25, 0.3) is 0 Å². The molecular weight excluding hydrogens is 238 g/mol. The Labute approximate surface area is 115 Å². The van der Waals surface area contributed by atoms with E-state index in [1.807, 2.05) is 56.0 Å². The molecule has 1 fully saturated rings. The highest BCUT2D eigenvalue weighted by atomic mass is 16.3. The Balaban J connectivity index is 2.12. The van der Waals surface area contributed by atoms with Gasteiger partial charge in [-0.1, -0.05) is 30.3 Å². The number of hydrogen-bond donors (Lipinski definition) is 1. The van der Waals surface area contributed by atoms with Crippen LogP contribution < -0.4 is 0 Å². The normalized spacial score (nSPS) is 19.3. The topological polar surface area (TPSA) is 40.5 Å². The molecule has 3 heteroatoms. The minimum atomic E-state index is -0.617. The van der Waals surface area contributed by atoms with Gasteiger partial charge in [-0.05, 0) is 39.2 Å². The van der Waals surface area contributed by atoms with Crippen molar-refractivity contribution in [1.82, 2.24) is 4.90 Å². The summed E-state index contributed by atoms with van der Waals surface area (Å²) in [7, 11) is 0. The summed E-state index contributed by atoms with van der Waals surface area (Å²) in [4.78, 5) is 14.6. The van der Waals surface area contributed by atoms with Crippen LogP contribution in [0.15, 0.2) is 30.3 Å². The molecule has 0 bridgehead atoms. The van der Waals surface area contributed by atoms with Gasteiger partial charge in [0.05, 0.1) is 11.0 Å². The summed E-state index contributed by atoms with van der Waals surface area (Å²) in [5.74, 6) is 0.147. The second kappa shape index (κ2) is 4.97. The van der Waals surface area contributed by atoms with Crippen molar-refractivity contribution >= 4 is 5.91 Å². The van der Waals surface area contributed by atoms with Gasteiger partial charge in [-0.15, -0.1) is 0 Å². The lowest BCUT2D eigenvalue weighted by Crippen LogP contribution is -2.50. The molecule has 0 unspecified atom stereocenters. The summed E-state index contributed by atoms with van der Waals surface area (Å²) in [6.45, 7) is 7.07. The van der Waals surface area contributed by atoms with Gasteiger partial charge in [0.15, 0.2) is 0 Å². The van der Waals surface area contributed by atoms with Crippen LogP contribution in [-0.4, -0.2) is 34.6 Å². The molecule has 1 aromatic rings. The summed E-state index contributed by atoms with van der Waals surface area (Å²) in [5.41, 5.74) is -0.0877. The first-order valence-corrected chi connectivity index (χ1v) is 6.90. The van der Waals surface area contributed by atoms with Gasteiger partial charge in [0.1, 0.15) is 0 Å². The van der Waals surface area contributed by atoms with E-state index < -0.39 is 11.0 Å². The fourth-order valence-corrected chi connectivity index (χ4v) is 2.57. The largest absolute Gasteiger partial charge is 0.390 e. The quantitative estimate of drug-likeness (QED) is 0.887. The van der Waals surface area contributed by atoms with Crippen molar-refractivity contribution in [2.24, 2.45) is 0 Å². The van der Waals surface area contributed by atoms with Crippen LogP contribution in [0.1, 0.15) is 39.2 Å². The van der Waals surface area contributed by atoms with Crippen LogP contribution in [0.4, 0.5) is 0 Å². The third-order valence-electron chi connectivity index (χ3n) is 4.16. The molecule has 3 nitrogen and oxygen atoms in total. The van der Waals surface area contributed by atoms with Crippen molar-refractivity contribution in [2.75, 3.05) is 13.1 Å². The van der Waals surface area contributed by atoms with Crippen LogP contribution in [0, 0.1) is 0 Å². The smallest absolute Gasteiger partial charge is 0.232 e. The first-order chi connectivity index (χ1) is 8.83. The Morgan fingerprint density at radius 2 is 1.74 bits per heavy atom. The zero-order valence-corrected chi connectivity index (χ0v) is 12.0. The van der Waals surface area contributed by atoms with E-state index in [2.05, 4.69) is 0 Å². The first-order valence-electron chi connectivity index (χ1n) is 6.90. The fourth-order valence-electron chi connectivity index (χ4n) is 2.57. The zero-order chi connectivity index (χ0) is 14.1. The number of nitrogens with zero attached hydrogens (tertiary/aromatic N) is 1. The number of carbonyl (C=O) groups is 1. The standard InChI is InChI=1S/C16H23NO2/c1-15(2,13-7-5-4-6-8-13)14(18)17-11-9-16(3,19)10-12-17/h4-8,19H,9-12H2,1-3H3. The molecule has 1 N–H and O–H groups in total. The van der Waals surface area contributed by atoms with Gasteiger partial charge in [-0.25, -0.2) is 0 Å². The van der Waals surface area contributed by atoms with E-state index in [1.54, 1.807) is 0 Å². The summed E-state index contributed by atoms with van der Waals surface area (Å²) in [6, 6.07) is 9.88. The molecule has 0 aromatic heterocycles. The molecule has 0 radical (unpaired) electrons. The Morgan fingerprint density at radius 1 is 1.21 bits per heavy atom. The number of hydrogen-bond acceptors (Lipinski definition) is 2. The molecule has 0 aliphatic carbocycles. The molecule has 0 spiro atoms. The van der Waals surface area contributed by atoms with Gasteiger partial charge in [-0.2, -0.15) is 0 Å². The van der Waals surface area contributed by atoms with E-state index in [9.17, 15) is 9.90 Å². The van der Waals surface area contributed by atoms with E-state index >= 15 is 0 Å². The minimum Gasteiger partial charge on any atom is -0.390 e. The lowest BCUT2D eigenvalue weighted by Gasteiger charge is -2.39. The molecule has 1 heterocycles. The van der Waals surface area contributed by atoms with E-state index in [-0.39, 0.29) is 5.91 Å². The maximum absolute atomic E-state index is 12.7. The third-order valence-corrected chi connectivity index (χ3v) is 4.16. The van der Waals surface area contributed by atoms with Crippen molar-refractivity contribution < 1.29 is 9.90 Å².